The summed E-state index contributed by atoms with van der Waals surface area (Å²) in [7, 11) is 3.97. The molecule has 1 rings (SSSR count). The molecule has 1 atom stereocenters. The highest BCUT2D eigenvalue weighted by Crippen LogP contribution is 2.26. The Morgan fingerprint density at radius 3 is 2.46 bits per heavy atom. The van der Waals surface area contributed by atoms with Gasteiger partial charge in [0.2, 0.25) is 0 Å². The maximum absolute atomic E-state index is 9.73. The lowest BCUT2D eigenvalue weighted by Crippen LogP contribution is -2.12. The average Bonchev–Trinajstić information content (AvgIpc) is 2.16. The summed E-state index contributed by atoms with van der Waals surface area (Å²) in [5.74, 6) is 0. The third kappa shape index (κ3) is 2.22. The Bertz CT molecular complexity index is 271. The van der Waals surface area contributed by atoms with Gasteiger partial charge in [0, 0.05) is 25.3 Å². The molecule has 0 aliphatic rings. The molecule has 0 saturated carbocycles. The number of hydrogen-bond acceptors (Lipinski definition) is 2. The Morgan fingerprint density at radius 1 is 1.31 bits per heavy atom. The van der Waals surface area contributed by atoms with Crippen LogP contribution in [-0.4, -0.2) is 19.2 Å². The molecule has 0 heterocycles. The van der Waals surface area contributed by atoms with E-state index in [2.05, 4.69) is 0 Å². The van der Waals surface area contributed by atoms with Gasteiger partial charge in [0.1, 0.15) is 0 Å². The lowest BCUT2D eigenvalue weighted by atomic mass is 10.0. The van der Waals surface area contributed by atoms with Crippen LogP contribution in [0.2, 0.25) is 0 Å². The van der Waals surface area contributed by atoms with E-state index in [-0.39, 0.29) is 6.10 Å². The van der Waals surface area contributed by atoms with E-state index in [0.717, 1.165) is 17.7 Å². The number of rotatable bonds is 3. The normalized spacial score (nSPS) is 12.6. The van der Waals surface area contributed by atoms with Crippen LogP contribution in [0.5, 0.6) is 0 Å². The second-order valence-electron chi connectivity index (χ2n) is 3.38. The molecule has 2 heteroatoms. The van der Waals surface area contributed by atoms with Crippen molar-refractivity contribution < 1.29 is 5.11 Å². The lowest BCUT2D eigenvalue weighted by molar-refractivity contribution is 0.174. The highest BCUT2D eigenvalue weighted by atomic mass is 16.3. The number of aliphatic hydroxyl groups is 1. The van der Waals surface area contributed by atoms with Crippen molar-refractivity contribution in [2.45, 2.75) is 19.4 Å². The van der Waals surface area contributed by atoms with Gasteiger partial charge in [-0.3, -0.25) is 0 Å². The van der Waals surface area contributed by atoms with Gasteiger partial charge in [-0.25, -0.2) is 0 Å². The van der Waals surface area contributed by atoms with Crippen LogP contribution >= 0.6 is 0 Å². The molecule has 13 heavy (non-hydrogen) atoms. The molecule has 1 aromatic rings. The first kappa shape index (κ1) is 10.1. The van der Waals surface area contributed by atoms with Crippen molar-refractivity contribution in [2.24, 2.45) is 0 Å². The average molecular weight is 179 g/mol. The van der Waals surface area contributed by atoms with Crippen molar-refractivity contribution in [3.63, 3.8) is 0 Å². The Morgan fingerprint density at radius 2 is 1.92 bits per heavy atom. The predicted molar refractivity (Wildman–Crippen MR) is 56.0 cm³/mol. The van der Waals surface area contributed by atoms with Crippen LogP contribution in [0.3, 0.4) is 0 Å². The quantitative estimate of drug-likeness (QED) is 0.769. The molecule has 0 spiro atoms. The van der Waals surface area contributed by atoms with Gasteiger partial charge in [0.15, 0.2) is 0 Å². The highest BCUT2D eigenvalue weighted by molar-refractivity contribution is 5.53. The van der Waals surface area contributed by atoms with Crippen molar-refractivity contribution in [3.05, 3.63) is 29.8 Å². The summed E-state index contributed by atoms with van der Waals surface area (Å²) in [4.78, 5) is 2.02. The second-order valence-corrected chi connectivity index (χ2v) is 3.38. The summed E-state index contributed by atoms with van der Waals surface area (Å²) >= 11 is 0. The maximum atomic E-state index is 9.73. The van der Waals surface area contributed by atoms with Crippen molar-refractivity contribution in [1.82, 2.24) is 0 Å². The minimum atomic E-state index is -0.349. The summed E-state index contributed by atoms with van der Waals surface area (Å²) in [5.41, 5.74) is 2.10. The fourth-order valence-corrected chi connectivity index (χ4v) is 1.40. The zero-order valence-corrected chi connectivity index (χ0v) is 8.49. The van der Waals surface area contributed by atoms with Crippen LogP contribution in [0.25, 0.3) is 0 Å². The van der Waals surface area contributed by atoms with E-state index in [1.165, 1.54) is 0 Å². The zero-order chi connectivity index (χ0) is 9.84. The Kier molecular flexibility index (Phi) is 3.32. The van der Waals surface area contributed by atoms with Gasteiger partial charge in [0.05, 0.1) is 6.10 Å². The van der Waals surface area contributed by atoms with Gasteiger partial charge in [-0.2, -0.15) is 0 Å². The molecule has 0 bridgehead atoms. The minimum Gasteiger partial charge on any atom is -0.388 e. The fourth-order valence-electron chi connectivity index (χ4n) is 1.40. The molecule has 0 aliphatic heterocycles. The van der Waals surface area contributed by atoms with E-state index in [1.807, 2.05) is 50.2 Å². The Labute approximate surface area is 79.8 Å². The van der Waals surface area contributed by atoms with Gasteiger partial charge in [-0.1, -0.05) is 25.1 Å². The summed E-state index contributed by atoms with van der Waals surface area (Å²) in [6, 6.07) is 7.94. The molecule has 0 radical (unpaired) electrons. The van der Waals surface area contributed by atoms with Crippen molar-refractivity contribution in [2.75, 3.05) is 19.0 Å². The van der Waals surface area contributed by atoms with Crippen LogP contribution in [0.1, 0.15) is 25.0 Å². The number of aliphatic hydroxyl groups excluding tert-OH is 1. The smallest absolute Gasteiger partial charge is 0.0807 e. The standard InChI is InChI=1S/C11H17NO/c1-4-11(13)9-7-5-6-8-10(9)12(2)3/h5-8,11,13H,4H2,1-3H3/t11-/m0/s1. The molecule has 2 nitrogen and oxygen atoms in total. The van der Waals surface area contributed by atoms with Crippen molar-refractivity contribution in [3.8, 4) is 0 Å². The molecular weight excluding hydrogens is 162 g/mol. The number of nitrogens with zero attached hydrogens (tertiary/aromatic N) is 1. The minimum absolute atomic E-state index is 0.349. The van der Waals surface area contributed by atoms with E-state index in [4.69, 9.17) is 0 Å². The molecule has 0 aromatic heterocycles. The molecule has 72 valence electrons. The van der Waals surface area contributed by atoms with Crippen LogP contribution in [0.4, 0.5) is 5.69 Å². The van der Waals surface area contributed by atoms with E-state index >= 15 is 0 Å². The van der Waals surface area contributed by atoms with Crippen molar-refractivity contribution >= 4 is 5.69 Å². The summed E-state index contributed by atoms with van der Waals surface area (Å²) in [6.07, 6.45) is 0.406. The summed E-state index contributed by atoms with van der Waals surface area (Å²) in [6.45, 7) is 1.98. The van der Waals surface area contributed by atoms with Crippen LogP contribution < -0.4 is 4.90 Å². The number of anilines is 1. The first-order chi connectivity index (χ1) is 6.16. The van der Waals surface area contributed by atoms with E-state index < -0.39 is 0 Å². The topological polar surface area (TPSA) is 23.5 Å². The van der Waals surface area contributed by atoms with E-state index in [0.29, 0.717) is 0 Å². The number of para-hydroxylation sites is 1. The van der Waals surface area contributed by atoms with Crippen LogP contribution in [-0.2, 0) is 0 Å². The van der Waals surface area contributed by atoms with Gasteiger partial charge >= 0.3 is 0 Å². The molecule has 0 fully saturated rings. The first-order valence-corrected chi connectivity index (χ1v) is 4.61. The molecule has 0 aliphatic carbocycles. The van der Waals surface area contributed by atoms with Crippen molar-refractivity contribution in [1.29, 1.82) is 0 Å². The maximum Gasteiger partial charge on any atom is 0.0807 e. The van der Waals surface area contributed by atoms with Gasteiger partial charge in [-0.05, 0) is 12.5 Å². The molecule has 1 aromatic carbocycles. The summed E-state index contributed by atoms with van der Waals surface area (Å²) in [5, 5.41) is 9.73. The highest BCUT2D eigenvalue weighted by Gasteiger charge is 2.10. The number of benzene rings is 1. The Balaban J connectivity index is 3.04. The van der Waals surface area contributed by atoms with Gasteiger partial charge in [-0.15, -0.1) is 0 Å². The predicted octanol–water partition coefficient (Wildman–Crippen LogP) is 2.20. The second kappa shape index (κ2) is 4.28. The molecule has 0 amide bonds. The monoisotopic (exact) mass is 179 g/mol. The van der Waals surface area contributed by atoms with Crippen LogP contribution in [0, 0.1) is 0 Å². The lowest BCUT2D eigenvalue weighted by Gasteiger charge is -2.19. The Hall–Kier alpha value is -1.02. The molecule has 0 unspecified atom stereocenters. The number of hydrogen-bond donors (Lipinski definition) is 1. The molecule has 1 N–H and O–H groups in total. The van der Waals surface area contributed by atoms with Gasteiger partial charge < -0.3 is 10.0 Å². The first-order valence-electron chi connectivity index (χ1n) is 4.61. The fraction of sp³-hybridized carbons (Fsp3) is 0.455. The van der Waals surface area contributed by atoms with Crippen LogP contribution in [0.15, 0.2) is 24.3 Å². The zero-order valence-electron chi connectivity index (χ0n) is 8.49. The molecular formula is C11H17NO. The van der Waals surface area contributed by atoms with E-state index in [1.54, 1.807) is 0 Å². The molecule has 0 saturated heterocycles. The third-order valence-corrected chi connectivity index (χ3v) is 2.16. The third-order valence-electron chi connectivity index (χ3n) is 2.16. The SMILES string of the molecule is CC[C@H](O)c1ccccc1N(C)C. The van der Waals surface area contributed by atoms with E-state index in [9.17, 15) is 5.11 Å². The summed E-state index contributed by atoms with van der Waals surface area (Å²) < 4.78 is 0. The van der Waals surface area contributed by atoms with Gasteiger partial charge in [0.25, 0.3) is 0 Å². The largest absolute Gasteiger partial charge is 0.388 e.